The van der Waals surface area contributed by atoms with Gasteiger partial charge in [0.05, 0.1) is 0 Å². The van der Waals surface area contributed by atoms with Crippen LogP contribution in [-0.4, -0.2) is 42.1 Å². The highest BCUT2D eigenvalue weighted by molar-refractivity contribution is 5.78. The number of hydrogen-bond donors (Lipinski definition) is 12. The van der Waals surface area contributed by atoms with Crippen LogP contribution in [0, 0.1) is 0 Å². The zero-order valence-corrected chi connectivity index (χ0v) is 21.2. The molecule has 0 radical (unpaired) electrons. The fraction of sp³-hybridized carbons (Fsp3) is 0.296. The number of nitrogens with one attached hydrogen (secondary N) is 3. The van der Waals surface area contributed by atoms with E-state index in [0.29, 0.717) is 18.7 Å². The van der Waals surface area contributed by atoms with Gasteiger partial charge >= 0.3 is 5.97 Å². The van der Waals surface area contributed by atoms with Crippen molar-refractivity contribution >= 4 is 5.97 Å². The van der Waals surface area contributed by atoms with E-state index in [-0.39, 0.29) is 50.0 Å². The fourth-order valence-electron chi connectivity index (χ4n) is 2.86. The summed E-state index contributed by atoms with van der Waals surface area (Å²) in [6.45, 7) is 2.47. The van der Waals surface area contributed by atoms with E-state index in [1.807, 2.05) is 6.07 Å². The summed E-state index contributed by atoms with van der Waals surface area (Å²) in [6, 6.07) is 15.6. The van der Waals surface area contributed by atoms with E-state index in [1.165, 1.54) is 44.7 Å². The Morgan fingerprint density at radius 1 is 0.750 bits per heavy atom. The zero-order chi connectivity index (χ0) is 30.0. The third-order valence-electron chi connectivity index (χ3n) is 4.95. The number of hydrazine groups is 3. The number of benzene rings is 3. The molecule has 0 fully saturated rings. The van der Waals surface area contributed by atoms with Gasteiger partial charge in [-0.3, -0.25) is 33.2 Å². The van der Waals surface area contributed by atoms with E-state index in [2.05, 4.69) is 16.3 Å². The molecule has 0 aromatic heterocycles. The molecule has 40 heavy (non-hydrogen) atoms. The Morgan fingerprint density at radius 2 is 1.20 bits per heavy atom. The number of carboxylic acids is 1. The van der Waals surface area contributed by atoms with Crippen molar-refractivity contribution < 1.29 is 36.8 Å². The minimum absolute atomic E-state index is 0. The molecule has 0 spiro atoms. The predicted octanol–water partition coefficient (Wildman–Crippen LogP) is 2.27. The molecular formula is C27H46N6O7. The average molecular weight is 568 g/mol. The van der Waals surface area contributed by atoms with Crippen LogP contribution in [0.5, 0.6) is 28.7 Å². The summed E-state index contributed by atoms with van der Waals surface area (Å²) in [5, 5.41) is 54.2. The summed E-state index contributed by atoms with van der Waals surface area (Å²) in [6.07, 6.45) is 0.0900. The van der Waals surface area contributed by atoms with Crippen molar-refractivity contribution in [3.8, 4) is 28.7 Å². The van der Waals surface area contributed by atoms with Gasteiger partial charge < -0.3 is 30.6 Å². The quantitative estimate of drug-likeness (QED) is 0.106. The Morgan fingerprint density at radius 3 is 1.60 bits per heavy atom. The number of hydrogen-bond acceptors (Lipinski definition) is 12. The molecule has 1 atom stereocenters. The highest BCUT2D eigenvalue weighted by Crippen LogP contribution is 2.27. The minimum Gasteiger partial charge on any atom is -0.508 e. The van der Waals surface area contributed by atoms with Gasteiger partial charge in [0, 0.05) is 20.9 Å². The third kappa shape index (κ3) is 13.6. The molecule has 0 saturated carbocycles. The lowest BCUT2D eigenvalue weighted by molar-refractivity contribution is -0.144. The third-order valence-corrected chi connectivity index (χ3v) is 4.95. The number of nitrogens with two attached hydrogens (primary N) is 3. The van der Waals surface area contributed by atoms with Gasteiger partial charge in [-0.1, -0.05) is 46.5 Å². The molecule has 15 N–H and O–H groups in total. The van der Waals surface area contributed by atoms with Crippen LogP contribution >= 0.6 is 0 Å². The average Bonchev–Trinajstić information content (AvgIpc) is 2.91. The van der Waals surface area contributed by atoms with Crippen molar-refractivity contribution in [3.05, 3.63) is 77.4 Å². The van der Waals surface area contributed by atoms with Gasteiger partial charge in [0.1, 0.15) is 11.3 Å². The molecule has 3 aromatic carbocycles. The monoisotopic (exact) mass is 567 g/mol. The maximum absolute atomic E-state index is 11.0. The van der Waals surface area contributed by atoms with Gasteiger partial charge in [-0.15, -0.1) is 0 Å². The molecule has 0 saturated heterocycles. The number of phenolic OH excluding ortho intramolecular Hbond substituents is 5. The van der Waals surface area contributed by atoms with Gasteiger partial charge in [-0.25, -0.2) is 5.43 Å². The summed E-state index contributed by atoms with van der Waals surface area (Å²) in [5.41, 5.74) is 8.19. The summed E-state index contributed by atoms with van der Waals surface area (Å²) in [5.74, 6) is 13.7. The van der Waals surface area contributed by atoms with Crippen LogP contribution < -0.4 is 33.8 Å². The maximum Gasteiger partial charge on any atom is 0.325 e. The molecule has 3 aromatic rings. The van der Waals surface area contributed by atoms with Crippen molar-refractivity contribution in [2.24, 2.45) is 17.5 Å². The summed E-state index contributed by atoms with van der Waals surface area (Å²) in [4.78, 5) is 11.0. The molecule has 226 valence electrons. The Hall–Kier alpha value is -4.11. The van der Waals surface area contributed by atoms with Crippen LogP contribution in [0.1, 0.15) is 47.2 Å². The van der Waals surface area contributed by atoms with Crippen LogP contribution in [-0.2, 0) is 24.3 Å². The van der Waals surface area contributed by atoms with Crippen molar-refractivity contribution in [2.75, 3.05) is 0 Å². The zero-order valence-electron chi connectivity index (χ0n) is 22.2. The molecule has 3 rings (SSSR count). The van der Waals surface area contributed by atoms with Crippen LogP contribution in [0.3, 0.4) is 0 Å². The topological polar surface area (TPSA) is 253 Å². The number of aromatic hydroxyl groups is 5. The molecule has 0 aliphatic heterocycles. The minimum atomic E-state index is -1.32. The summed E-state index contributed by atoms with van der Waals surface area (Å²) >= 11 is 0. The summed E-state index contributed by atoms with van der Waals surface area (Å²) in [7, 11) is 1.25. The van der Waals surface area contributed by atoms with Crippen molar-refractivity contribution in [1.82, 2.24) is 16.3 Å². The van der Waals surface area contributed by atoms with Crippen molar-refractivity contribution in [2.45, 2.75) is 54.2 Å². The molecule has 0 bridgehead atoms. The summed E-state index contributed by atoms with van der Waals surface area (Å²) < 4.78 is 5.75. The Labute approximate surface area is 237 Å². The van der Waals surface area contributed by atoms with Gasteiger partial charge in [0.2, 0.25) is 0 Å². The Bertz CT molecular complexity index is 1160. The van der Waals surface area contributed by atoms with E-state index in [0.717, 1.165) is 11.1 Å². The Balaban J connectivity index is -0.000000515. The Kier molecular flexibility index (Phi) is 18.9. The number of rotatable bonds is 8. The van der Waals surface area contributed by atoms with Gasteiger partial charge in [0.25, 0.3) is 0 Å². The second-order valence-corrected chi connectivity index (χ2v) is 8.04. The second-order valence-electron chi connectivity index (χ2n) is 8.04. The van der Waals surface area contributed by atoms with Gasteiger partial charge in [-0.05, 0) is 60.0 Å². The van der Waals surface area contributed by atoms with Crippen LogP contribution in [0.2, 0.25) is 0 Å². The first-order chi connectivity index (χ1) is 18.4. The van der Waals surface area contributed by atoms with Gasteiger partial charge in [-0.2, -0.15) is 0 Å². The largest absolute Gasteiger partial charge is 0.508 e. The van der Waals surface area contributed by atoms with Crippen molar-refractivity contribution in [1.29, 1.82) is 0 Å². The number of aliphatic carboxylic acids is 1. The van der Waals surface area contributed by atoms with Gasteiger partial charge in [0.15, 0.2) is 23.0 Å². The number of carboxylic acid groups (broad SMARTS) is 1. The highest BCUT2D eigenvalue weighted by Gasteiger charge is 2.32. The lowest BCUT2D eigenvalue weighted by Gasteiger charge is -2.23. The molecular weight excluding hydrogens is 520 g/mol. The lowest BCUT2D eigenvalue weighted by Crippen LogP contribution is -2.54. The van der Waals surface area contributed by atoms with E-state index in [9.17, 15) is 9.90 Å². The molecule has 0 amide bonds. The van der Waals surface area contributed by atoms with Crippen molar-refractivity contribution in [3.63, 3.8) is 0 Å². The van der Waals surface area contributed by atoms with Crippen LogP contribution in [0.4, 0.5) is 0 Å². The number of phenols is 5. The van der Waals surface area contributed by atoms with E-state index >= 15 is 0 Å². The first kappa shape index (κ1) is 38.0. The number of carbonyl (C=O) groups is 1. The standard InChI is InChI=1S/C10H14N2O4.C7H10N2O2.C7H10N2O.3CH4/c1-10(12-11,9(15)16)5-6-2-3-7(13)8(14)4-6;8-9-4-5-1-2-6(10)7(11)3-5;8-9-5-6-2-1-3-7(10)4-6;;;/h2-4,12-14H,5,11H2,1H3,(H,15,16);1-3,9-11H,4,8H2;1-4,9-10H,5,8H2;3*1H4/i;;;1D;;. The lowest BCUT2D eigenvalue weighted by atomic mass is 9.93. The molecule has 1 unspecified atom stereocenters. The highest BCUT2D eigenvalue weighted by atomic mass is 16.4. The molecule has 0 aliphatic carbocycles. The molecule has 13 heteroatoms. The first-order valence-corrected chi connectivity index (χ1v) is 10.8. The molecule has 13 nitrogen and oxygen atoms in total. The maximum atomic E-state index is 11.0. The van der Waals surface area contributed by atoms with Crippen LogP contribution in [0.25, 0.3) is 0 Å². The predicted molar refractivity (Wildman–Crippen MR) is 157 cm³/mol. The SMILES string of the molecule is C.C.CC(Cc1ccc(O)c(O)c1)(NN)C(=O)O.NNCc1ccc(O)c(O)c1.NNCc1cccc(O)c1.[2H]C. The molecule has 0 heterocycles. The van der Waals surface area contributed by atoms with Crippen LogP contribution in [0.15, 0.2) is 60.7 Å². The van der Waals surface area contributed by atoms with E-state index < -0.39 is 11.5 Å². The molecule has 0 aliphatic rings. The fourth-order valence-corrected chi connectivity index (χ4v) is 2.86. The van der Waals surface area contributed by atoms with E-state index in [4.69, 9.17) is 44.4 Å². The second kappa shape index (κ2) is 19.9. The smallest absolute Gasteiger partial charge is 0.325 e. The normalized spacial score (nSPS) is 11.1. The first-order valence-electron chi connectivity index (χ1n) is 11.8. The van der Waals surface area contributed by atoms with E-state index in [1.54, 1.807) is 24.3 Å².